The van der Waals surface area contributed by atoms with Crippen LogP contribution in [-0.4, -0.2) is 27.2 Å². The third kappa shape index (κ3) is 4.63. The number of amides is 1. The lowest BCUT2D eigenvalue weighted by Crippen LogP contribution is -2.34. The van der Waals surface area contributed by atoms with Crippen molar-refractivity contribution in [1.82, 2.24) is 10.2 Å². The summed E-state index contributed by atoms with van der Waals surface area (Å²) < 4.78 is 0. The Morgan fingerprint density at radius 3 is 2.62 bits per heavy atom. The fraction of sp³-hybridized carbons (Fsp3) is 0.647. The molecule has 0 saturated carbocycles. The number of hydrogen-bond acceptors (Lipinski definition) is 5. The van der Waals surface area contributed by atoms with Crippen molar-refractivity contribution >= 4 is 28.3 Å². The van der Waals surface area contributed by atoms with Gasteiger partial charge in [0.2, 0.25) is 11.0 Å². The first kappa shape index (κ1) is 18.6. The van der Waals surface area contributed by atoms with Gasteiger partial charge in [0.15, 0.2) is 0 Å². The minimum atomic E-state index is -0.928. The average molecular weight is 351 g/mol. The largest absolute Gasteiger partial charge is 0.481 e. The zero-order valence-electron chi connectivity index (χ0n) is 14.2. The molecule has 7 heteroatoms. The maximum Gasteiger partial charge on any atom is 0.307 e. The van der Waals surface area contributed by atoms with Gasteiger partial charge in [-0.2, -0.15) is 0 Å². The lowest BCUT2D eigenvalue weighted by atomic mass is 9.82. The number of hydrogen-bond donors (Lipinski definition) is 2. The molecule has 6 nitrogen and oxygen atoms in total. The molecule has 2 rings (SSSR count). The van der Waals surface area contributed by atoms with Crippen LogP contribution in [0.2, 0.25) is 0 Å². The second kappa shape index (κ2) is 8.92. The van der Waals surface area contributed by atoms with Crippen LogP contribution in [0.15, 0.2) is 12.2 Å². The highest BCUT2D eigenvalue weighted by molar-refractivity contribution is 7.15. The van der Waals surface area contributed by atoms with Crippen LogP contribution < -0.4 is 5.32 Å². The standard InChI is InChI=1S/C17H25N3O3S/c1-3-5-8-11(4-2)15-19-20-17(24-15)18-14(21)12-9-6-7-10-13(12)16(22)23/h6-7,11-13H,3-5,8-10H2,1-2H3,(H,22,23)(H,18,20,21)/t11-,12-,13-/m0/s1. The monoisotopic (exact) mass is 351 g/mol. The predicted octanol–water partition coefficient (Wildman–Crippen LogP) is 3.83. The van der Waals surface area contributed by atoms with Gasteiger partial charge in [0.25, 0.3) is 0 Å². The maximum absolute atomic E-state index is 12.4. The molecule has 132 valence electrons. The van der Waals surface area contributed by atoms with Gasteiger partial charge in [-0.3, -0.25) is 9.59 Å². The predicted molar refractivity (Wildman–Crippen MR) is 94.1 cm³/mol. The second-order valence-electron chi connectivity index (χ2n) is 6.18. The van der Waals surface area contributed by atoms with Gasteiger partial charge in [0, 0.05) is 5.92 Å². The van der Waals surface area contributed by atoms with Crippen molar-refractivity contribution in [3.63, 3.8) is 0 Å². The molecule has 0 saturated heterocycles. The van der Waals surface area contributed by atoms with Crippen LogP contribution in [-0.2, 0) is 9.59 Å². The molecule has 3 atom stereocenters. The number of aromatic nitrogens is 2. The van der Waals surface area contributed by atoms with Crippen LogP contribution in [0.25, 0.3) is 0 Å². The van der Waals surface area contributed by atoms with E-state index in [4.69, 9.17) is 0 Å². The molecular weight excluding hydrogens is 326 g/mol. The molecule has 0 unspecified atom stereocenters. The minimum absolute atomic E-state index is 0.281. The van der Waals surface area contributed by atoms with Crippen molar-refractivity contribution in [2.45, 2.75) is 58.3 Å². The molecule has 1 heterocycles. The van der Waals surface area contributed by atoms with Crippen LogP contribution in [0, 0.1) is 11.8 Å². The van der Waals surface area contributed by atoms with Gasteiger partial charge in [-0.1, -0.05) is 50.2 Å². The highest BCUT2D eigenvalue weighted by Gasteiger charge is 2.34. The summed E-state index contributed by atoms with van der Waals surface area (Å²) in [4.78, 5) is 23.7. The number of carbonyl (C=O) groups is 2. The Morgan fingerprint density at radius 1 is 1.29 bits per heavy atom. The van der Waals surface area contributed by atoms with Crippen LogP contribution in [0.1, 0.15) is 63.3 Å². The van der Waals surface area contributed by atoms with E-state index in [1.807, 2.05) is 12.2 Å². The lowest BCUT2D eigenvalue weighted by Gasteiger charge is -2.23. The molecule has 24 heavy (non-hydrogen) atoms. The summed E-state index contributed by atoms with van der Waals surface area (Å²) in [5, 5.41) is 21.7. The average Bonchev–Trinajstić information content (AvgIpc) is 3.03. The number of nitrogens with zero attached hydrogens (tertiary/aromatic N) is 2. The van der Waals surface area contributed by atoms with Crippen molar-refractivity contribution < 1.29 is 14.7 Å². The van der Waals surface area contributed by atoms with Gasteiger partial charge < -0.3 is 10.4 Å². The van der Waals surface area contributed by atoms with Crippen LogP contribution in [0.4, 0.5) is 5.13 Å². The summed E-state index contributed by atoms with van der Waals surface area (Å²) in [6.45, 7) is 4.29. The Kier molecular flexibility index (Phi) is 6.90. The lowest BCUT2D eigenvalue weighted by molar-refractivity contribution is -0.146. The Bertz CT molecular complexity index is 600. The van der Waals surface area contributed by atoms with E-state index in [-0.39, 0.29) is 5.91 Å². The Labute approximate surface area is 146 Å². The Balaban J connectivity index is 2.01. The highest BCUT2D eigenvalue weighted by atomic mass is 32.1. The first-order valence-electron chi connectivity index (χ1n) is 8.58. The first-order valence-corrected chi connectivity index (χ1v) is 9.40. The quantitative estimate of drug-likeness (QED) is 0.695. The minimum Gasteiger partial charge on any atom is -0.481 e. The number of aliphatic carboxylic acids is 1. The molecule has 1 aliphatic carbocycles. The summed E-state index contributed by atoms with van der Waals surface area (Å²) in [6, 6.07) is 0. The number of carboxylic acid groups (broad SMARTS) is 1. The molecule has 0 fully saturated rings. The molecule has 0 bridgehead atoms. The zero-order valence-corrected chi connectivity index (χ0v) is 15.0. The van der Waals surface area contributed by atoms with E-state index in [0.29, 0.717) is 23.9 Å². The third-order valence-electron chi connectivity index (χ3n) is 4.51. The maximum atomic E-state index is 12.4. The van der Waals surface area contributed by atoms with Crippen LogP contribution in [0.5, 0.6) is 0 Å². The molecule has 1 amide bonds. The molecule has 0 radical (unpaired) electrons. The first-order chi connectivity index (χ1) is 11.6. The summed E-state index contributed by atoms with van der Waals surface area (Å²) in [7, 11) is 0. The highest BCUT2D eigenvalue weighted by Crippen LogP contribution is 2.31. The van der Waals surface area contributed by atoms with Gasteiger partial charge in [-0.15, -0.1) is 10.2 Å². The molecule has 1 aromatic rings. The number of carbonyl (C=O) groups excluding carboxylic acids is 1. The Hall–Kier alpha value is -1.76. The van der Waals surface area contributed by atoms with E-state index in [0.717, 1.165) is 30.7 Å². The molecule has 2 N–H and O–H groups in total. The summed E-state index contributed by atoms with van der Waals surface area (Å²) in [5.74, 6) is -2.06. The van der Waals surface area contributed by atoms with Crippen molar-refractivity contribution in [3.05, 3.63) is 17.2 Å². The van der Waals surface area contributed by atoms with Gasteiger partial charge >= 0.3 is 5.97 Å². The number of nitrogens with one attached hydrogen (secondary N) is 1. The van der Waals surface area contributed by atoms with Gasteiger partial charge in [-0.05, 0) is 25.7 Å². The summed E-state index contributed by atoms with van der Waals surface area (Å²) >= 11 is 1.40. The number of unbranched alkanes of at least 4 members (excludes halogenated alkanes) is 1. The Morgan fingerprint density at radius 2 is 2.00 bits per heavy atom. The van der Waals surface area contributed by atoms with E-state index in [9.17, 15) is 14.7 Å². The van der Waals surface area contributed by atoms with Gasteiger partial charge in [-0.25, -0.2) is 0 Å². The fourth-order valence-corrected chi connectivity index (χ4v) is 3.94. The van der Waals surface area contributed by atoms with E-state index in [1.165, 1.54) is 11.3 Å². The van der Waals surface area contributed by atoms with Crippen molar-refractivity contribution in [2.75, 3.05) is 5.32 Å². The molecule has 1 aromatic heterocycles. The zero-order chi connectivity index (χ0) is 17.5. The molecule has 1 aliphatic rings. The van der Waals surface area contributed by atoms with E-state index in [1.54, 1.807) is 0 Å². The number of carboxylic acids is 1. The fourth-order valence-electron chi connectivity index (χ4n) is 2.98. The SMILES string of the molecule is CCCC[C@H](CC)c1nnc(NC(=O)[C@H]2CC=CC[C@@H]2C(=O)O)s1. The molecule has 0 aliphatic heterocycles. The number of rotatable bonds is 8. The molecule has 0 spiro atoms. The van der Waals surface area contributed by atoms with E-state index < -0.39 is 17.8 Å². The van der Waals surface area contributed by atoms with E-state index >= 15 is 0 Å². The summed E-state index contributed by atoms with van der Waals surface area (Å²) in [6.07, 6.45) is 8.89. The normalized spacial score (nSPS) is 21.4. The van der Waals surface area contributed by atoms with Gasteiger partial charge in [0.1, 0.15) is 5.01 Å². The second-order valence-corrected chi connectivity index (χ2v) is 7.19. The van der Waals surface area contributed by atoms with Crippen LogP contribution in [0.3, 0.4) is 0 Å². The molecular formula is C17H25N3O3S. The number of anilines is 1. The summed E-state index contributed by atoms with van der Waals surface area (Å²) in [5.41, 5.74) is 0. The van der Waals surface area contributed by atoms with Crippen molar-refractivity contribution in [1.29, 1.82) is 0 Å². The van der Waals surface area contributed by atoms with Crippen LogP contribution >= 0.6 is 11.3 Å². The van der Waals surface area contributed by atoms with Crippen molar-refractivity contribution in [3.8, 4) is 0 Å². The number of allylic oxidation sites excluding steroid dienone is 2. The molecule has 0 aromatic carbocycles. The smallest absolute Gasteiger partial charge is 0.307 e. The van der Waals surface area contributed by atoms with Crippen molar-refractivity contribution in [2.24, 2.45) is 11.8 Å². The van der Waals surface area contributed by atoms with E-state index in [2.05, 4.69) is 29.4 Å². The third-order valence-corrected chi connectivity index (χ3v) is 5.51. The van der Waals surface area contributed by atoms with Gasteiger partial charge in [0.05, 0.1) is 11.8 Å². The topological polar surface area (TPSA) is 92.2 Å².